The van der Waals surface area contributed by atoms with Gasteiger partial charge in [0.15, 0.2) is 5.78 Å². The first-order valence-electron chi connectivity index (χ1n) is 10.6. The molecule has 0 aromatic heterocycles. The number of Topliss-reactive ketones (excluding diaryl/α,β-unsaturated/α-hetero) is 1. The molecule has 2 aliphatic rings. The predicted octanol–water partition coefficient (Wildman–Crippen LogP) is 2.65. The molecule has 0 bridgehead atoms. The third-order valence-corrected chi connectivity index (χ3v) is 5.96. The van der Waals surface area contributed by atoms with Crippen molar-refractivity contribution in [1.82, 2.24) is 9.80 Å². The van der Waals surface area contributed by atoms with Gasteiger partial charge in [0.05, 0.1) is 45.6 Å². The fraction of sp³-hybridized carbons (Fsp3) is 0.458. The van der Waals surface area contributed by atoms with Gasteiger partial charge >= 0.3 is 0 Å². The van der Waals surface area contributed by atoms with Crippen molar-refractivity contribution in [1.29, 1.82) is 0 Å². The zero-order valence-corrected chi connectivity index (χ0v) is 17.5. The molecule has 0 radical (unpaired) electrons. The Bertz CT molecular complexity index is 800. The zero-order chi connectivity index (χ0) is 20.8. The highest BCUT2D eigenvalue weighted by atomic mass is 16.5. The van der Waals surface area contributed by atoms with E-state index in [-0.39, 0.29) is 17.9 Å². The third kappa shape index (κ3) is 4.73. The maximum absolute atomic E-state index is 13.9. The molecule has 2 saturated heterocycles. The Morgan fingerprint density at radius 2 is 1.40 bits per heavy atom. The molecule has 6 heteroatoms. The largest absolute Gasteiger partial charge is 0.497 e. The van der Waals surface area contributed by atoms with E-state index < -0.39 is 0 Å². The van der Waals surface area contributed by atoms with E-state index in [4.69, 9.17) is 14.2 Å². The average Bonchev–Trinajstić information content (AvgIpc) is 2.84. The lowest BCUT2D eigenvalue weighted by Gasteiger charge is -2.44. The number of carbonyl (C=O) groups is 1. The van der Waals surface area contributed by atoms with Crippen LogP contribution in [0.15, 0.2) is 54.6 Å². The highest BCUT2D eigenvalue weighted by Crippen LogP contribution is 2.31. The summed E-state index contributed by atoms with van der Waals surface area (Å²) < 4.78 is 16.5. The molecule has 2 aromatic rings. The quantitative estimate of drug-likeness (QED) is 0.654. The minimum absolute atomic E-state index is 0.0391. The number of nitrogens with zero attached hydrogens (tertiary/aromatic N) is 2. The fourth-order valence-corrected chi connectivity index (χ4v) is 4.39. The number of ketones is 1. The van der Waals surface area contributed by atoms with Crippen LogP contribution >= 0.6 is 0 Å². The molecule has 0 aliphatic carbocycles. The first-order chi connectivity index (χ1) is 14.8. The van der Waals surface area contributed by atoms with E-state index in [1.807, 2.05) is 30.3 Å². The summed E-state index contributed by atoms with van der Waals surface area (Å²) in [7, 11) is 1.64. The zero-order valence-electron chi connectivity index (χ0n) is 17.5. The lowest BCUT2D eigenvalue weighted by atomic mass is 9.89. The summed E-state index contributed by atoms with van der Waals surface area (Å²) in [4.78, 5) is 18.6. The smallest absolute Gasteiger partial charge is 0.181 e. The molecule has 2 aromatic carbocycles. The van der Waals surface area contributed by atoms with Gasteiger partial charge in [-0.05, 0) is 29.8 Å². The lowest BCUT2D eigenvalue weighted by Crippen LogP contribution is -2.55. The first-order valence-corrected chi connectivity index (χ1v) is 10.6. The normalized spacial score (nSPS) is 20.4. The summed E-state index contributed by atoms with van der Waals surface area (Å²) in [5.74, 6) is 0.891. The van der Waals surface area contributed by atoms with Gasteiger partial charge in [0, 0.05) is 31.7 Å². The highest BCUT2D eigenvalue weighted by molar-refractivity contribution is 6.00. The Labute approximate surface area is 178 Å². The molecule has 2 heterocycles. The van der Waals surface area contributed by atoms with Gasteiger partial charge in [0.25, 0.3) is 0 Å². The van der Waals surface area contributed by atoms with Crippen molar-refractivity contribution < 1.29 is 19.0 Å². The molecule has 6 nitrogen and oxygen atoms in total. The fourth-order valence-electron chi connectivity index (χ4n) is 4.39. The van der Waals surface area contributed by atoms with Gasteiger partial charge < -0.3 is 14.2 Å². The minimum atomic E-state index is -0.289. The van der Waals surface area contributed by atoms with Crippen molar-refractivity contribution in [3.63, 3.8) is 0 Å². The topological polar surface area (TPSA) is 51.2 Å². The molecule has 0 amide bonds. The number of hydrogen-bond donors (Lipinski definition) is 0. The van der Waals surface area contributed by atoms with Crippen LogP contribution in [0.4, 0.5) is 0 Å². The molecule has 4 rings (SSSR count). The molecular formula is C24H30N2O4. The lowest BCUT2D eigenvalue weighted by molar-refractivity contribution is -0.0301. The summed E-state index contributed by atoms with van der Waals surface area (Å²) in [6, 6.07) is 17.5. The average molecular weight is 411 g/mol. The summed E-state index contributed by atoms with van der Waals surface area (Å²) in [6.45, 7) is 5.81. The van der Waals surface area contributed by atoms with Crippen molar-refractivity contribution in [2.45, 2.75) is 12.1 Å². The molecule has 160 valence electrons. The molecule has 2 aliphatic heterocycles. The standard InChI is InChI=1S/C24H30N2O4/c1-28-21-9-7-20(8-10-21)24(27)23(26-13-17-30-18-14-26)22(19-5-3-2-4-6-19)25-11-15-29-16-12-25/h2-10,22-23H,11-18H2,1H3/t22-,23-/m0/s1. The Kier molecular flexibility index (Phi) is 7.12. The van der Waals surface area contributed by atoms with E-state index in [2.05, 4.69) is 34.1 Å². The van der Waals surface area contributed by atoms with Crippen molar-refractivity contribution >= 4 is 5.78 Å². The van der Waals surface area contributed by atoms with Crippen LogP contribution in [-0.4, -0.2) is 81.3 Å². The second-order valence-corrected chi connectivity index (χ2v) is 7.69. The number of rotatable bonds is 7. The van der Waals surface area contributed by atoms with E-state index in [1.54, 1.807) is 7.11 Å². The van der Waals surface area contributed by atoms with Gasteiger partial charge in [-0.1, -0.05) is 30.3 Å². The van der Waals surface area contributed by atoms with Gasteiger partial charge in [-0.2, -0.15) is 0 Å². The van der Waals surface area contributed by atoms with Crippen LogP contribution in [0.5, 0.6) is 5.75 Å². The molecule has 0 saturated carbocycles. The molecule has 2 fully saturated rings. The number of morpholine rings is 2. The van der Waals surface area contributed by atoms with Crippen molar-refractivity contribution in [2.75, 3.05) is 59.7 Å². The van der Waals surface area contributed by atoms with Gasteiger partial charge in [0.2, 0.25) is 0 Å². The Morgan fingerprint density at radius 3 is 1.97 bits per heavy atom. The van der Waals surface area contributed by atoms with Crippen LogP contribution in [-0.2, 0) is 9.47 Å². The summed E-state index contributed by atoms with van der Waals surface area (Å²) >= 11 is 0. The number of ether oxygens (including phenoxy) is 3. The first kappa shape index (κ1) is 21.0. The third-order valence-electron chi connectivity index (χ3n) is 5.96. The maximum Gasteiger partial charge on any atom is 0.181 e. The van der Waals surface area contributed by atoms with Crippen molar-refractivity contribution in [3.8, 4) is 5.75 Å². The van der Waals surface area contributed by atoms with Crippen LogP contribution in [0.25, 0.3) is 0 Å². The number of benzene rings is 2. The summed E-state index contributed by atoms with van der Waals surface area (Å²) in [5.41, 5.74) is 1.87. The van der Waals surface area contributed by atoms with Crippen LogP contribution in [0.1, 0.15) is 22.0 Å². The monoisotopic (exact) mass is 410 g/mol. The molecule has 30 heavy (non-hydrogen) atoms. The predicted molar refractivity (Wildman–Crippen MR) is 115 cm³/mol. The SMILES string of the molecule is COc1ccc(C(=O)[C@H]([C@H](c2ccccc2)N2CCOCC2)N2CCOCC2)cc1. The van der Waals surface area contributed by atoms with E-state index in [0.29, 0.717) is 32.0 Å². The Hall–Kier alpha value is -2.25. The van der Waals surface area contributed by atoms with Crippen LogP contribution < -0.4 is 4.74 Å². The highest BCUT2D eigenvalue weighted by Gasteiger charge is 2.39. The molecule has 0 spiro atoms. The van der Waals surface area contributed by atoms with Gasteiger partial charge in [-0.3, -0.25) is 14.6 Å². The van der Waals surface area contributed by atoms with Crippen molar-refractivity contribution in [3.05, 3.63) is 65.7 Å². The van der Waals surface area contributed by atoms with Crippen LogP contribution in [0.2, 0.25) is 0 Å². The molecule has 0 N–H and O–H groups in total. The molecule has 2 atom stereocenters. The van der Waals surface area contributed by atoms with Gasteiger partial charge in [-0.15, -0.1) is 0 Å². The number of carbonyl (C=O) groups excluding carboxylic acids is 1. The van der Waals surface area contributed by atoms with E-state index in [1.165, 1.54) is 0 Å². The number of hydrogen-bond acceptors (Lipinski definition) is 6. The van der Waals surface area contributed by atoms with E-state index in [9.17, 15) is 4.79 Å². The van der Waals surface area contributed by atoms with Crippen LogP contribution in [0, 0.1) is 0 Å². The van der Waals surface area contributed by atoms with Gasteiger partial charge in [0.1, 0.15) is 5.75 Å². The second-order valence-electron chi connectivity index (χ2n) is 7.69. The second kappa shape index (κ2) is 10.2. The Balaban J connectivity index is 1.73. The minimum Gasteiger partial charge on any atom is -0.497 e. The number of methoxy groups -OCH3 is 1. The maximum atomic E-state index is 13.9. The Morgan fingerprint density at radius 1 is 0.833 bits per heavy atom. The molecule has 0 unspecified atom stereocenters. The van der Waals surface area contributed by atoms with Gasteiger partial charge in [-0.25, -0.2) is 0 Å². The summed E-state index contributed by atoms with van der Waals surface area (Å²) in [6.07, 6.45) is 0. The van der Waals surface area contributed by atoms with E-state index in [0.717, 1.165) is 37.5 Å². The van der Waals surface area contributed by atoms with E-state index >= 15 is 0 Å². The van der Waals surface area contributed by atoms with Crippen molar-refractivity contribution in [2.24, 2.45) is 0 Å². The molecular weight excluding hydrogens is 380 g/mol. The summed E-state index contributed by atoms with van der Waals surface area (Å²) in [5, 5.41) is 0. The van der Waals surface area contributed by atoms with Crippen LogP contribution in [0.3, 0.4) is 0 Å².